The average molecular weight is 1030 g/mol. The molecule has 9 atom stereocenters. The van der Waals surface area contributed by atoms with Crippen molar-refractivity contribution in [2.75, 3.05) is 37.0 Å². The summed E-state index contributed by atoms with van der Waals surface area (Å²) in [6.07, 6.45) is -1.33. The van der Waals surface area contributed by atoms with Crippen LogP contribution in [0.15, 0.2) is 35.3 Å². The zero-order chi connectivity index (χ0) is 52.4. The summed E-state index contributed by atoms with van der Waals surface area (Å²) in [5.41, 5.74) is 17.0. The Labute approximate surface area is 413 Å². The Morgan fingerprint density at radius 1 is 0.565 bits per heavy atom. The number of hydrogen-bond donors (Lipinski definition) is 18. The Bertz CT molecular complexity index is 1950. The fourth-order valence-electron chi connectivity index (χ4n) is 5.95. The highest BCUT2D eigenvalue weighted by Crippen LogP contribution is 2.10. The Morgan fingerprint density at radius 2 is 0.986 bits per heavy atom. The summed E-state index contributed by atoms with van der Waals surface area (Å²) in [5.74, 6) is -12.3. The zero-order valence-corrected chi connectivity index (χ0v) is 40.5. The molecule has 0 heterocycles. The molecule has 29 heteroatoms. The quantitative estimate of drug-likeness (QED) is 0.0138. The Balaban J connectivity index is 3.38. The molecular formula is C40H64N12O14S3. The van der Waals surface area contributed by atoms with Crippen molar-refractivity contribution in [1.82, 2.24) is 42.5 Å². The smallest absolute Gasteiger partial charge is 0.327 e. The van der Waals surface area contributed by atoms with Crippen molar-refractivity contribution in [3.05, 3.63) is 35.9 Å². The molecule has 8 amide bonds. The molecule has 0 aliphatic heterocycles. The number of aliphatic imine (C=N–C) groups is 1. The van der Waals surface area contributed by atoms with Crippen molar-refractivity contribution in [1.29, 1.82) is 0 Å². The molecule has 69 heavy (non-hydrogen) atoms. The number of aliphatic carboxylic acids is 2. The zero-order valence-electron chi connectivity index (χ0n) is 37.8. The monoisotopic (exact) mass is 1030 g/mol. The molecule has 0 aromatic heterocycles. The van der Waals surface area contributed by atoms with Crippen LogP contribution in [-0.4, -0.2) is 177 Å². The van der Waals surface area contributed by atoms with Crippen molar-refractivity contribution in [3.63, 3.8) is 0 Å². The summed E-state index contributed by atoms with van der Waals surface area (Å²) in [6, 6.07) is -5.54. The molecule has 26 nitrogen and oxygen atoms in total. The number of aliphatic hydroxyl groups is 2. The van der Waals surface area contributed by atoms with E-state index >= 15 is 0 Å². The average Bonchev–Trinajstić information content (AvgIpc) is 3.29. The van der Waals surface area contributed by atoms with E-state index in [1.54, 1.807) is 44.2 Å². The van der Waals surface area contributed by atoms with E-state index in [9.17, 15) is 68.4 Å². The number of guanidine groups is 1. The molecule has 0 saturated heterocycles. The number of thiol groups is 3. The van der Waals surface area contributed by atoms with Gasteiger partial charge in [-0.2, -0.15) is 37.9 Å². The number of nitrogens with two attached hydrogens (primary N) is 3. The van der Waals surface area contributed by atoms with E-state index in [2.05, 4.69) is 85.4 Å². The molecule has 0 saturated carbocycles. The summed E-state index contributed by atoms with van der Waals surface area (Å²) in [5, 5.41) is 57.7. The lowest BCUT2D eigenvalue weighted by atomic mass is 10.0. The standard InChI is InChI=1S/C40H64N12O14S3/c1-19(2)11-23(33(59)51-28(17-68)38(64)52-29(18-69)39(65)66)47-36(62)26(14-53)50-37(63)27(15-54)49-32(58)22(9-6-10-44-40(42)43)45-34(60)24(12-20-7-4-3-5-8-20)48-35(61)25(13-30(55)56)46-31(57)21(41)16-67/h3-5,7-8,19,21-29,53-54,67-69H,6,9-18,41H2,1-2H3,(H,45,60)(H,46,57)(H,47,62)(H,48,61)(H,49,58)(H,50,63)(H,51,59)(H,52,64)(H,55,56)(H,65,66)(H4,42,43,44)/t21-,22-,23-,24-,25-,26-,27-,28-,29-/m0/s1. The van der Waals surface area contributed by atoms with Crippen LogP contribution in [0.1, 0.15) is 45.1 Å². The largest absolute Gasteiger partial charge is 0.481 e. The molecule has 0 fully saturated rings. The Hall–Kier alpha value is -5.88. The molecule has 0 unspecified atom stereocenters. The molecule has 1 rings (SSSR count). The highest BCUT2D eigenvalue weighted by molar-refractivity contribution is 7.80. The van der Waals surface area contributed by atoms with Crippen LogP contribution in [0.4, 0.5) is 0 Å². The summed E-state index contributed by atoms with van der Waals surface area (Å²) in [7, 11) is 0. The number of rotatable bonds is 32. The molecule has 1 aromatic carbocycles. The molecule has 1 aromatic rings. The van der Waals surface area contributed by atoms with Crippen molar-refractivity contribution in [2.24, 2.45) is 28.1 Å². The number of nitrogens with one attached hydrogen (secondary N) is 8. The third-order valence-corrected chi connectivity index (χ3v) is 10.7. The number of carboxylic acids is 2. The lowest BCUT2D eigenvalue weighted by molar-refractivity contribution is -0.141. The second kappa shape index (κ2) is 32.0. The second-order valence-corrected chi connectivity index (χ2v) is 16.8. The Kier molecular flexibility index (Phi) is 28.4. The number of carbonyl (C=O) groups excluding carboxylic acids is 8. The first-order valence-electron chi connectivity index (χ1n) is 21.3. The number of nitrogens with zero attached hydrogens (tertiary/aromatic N) is 1. The number of amides is 8. The van der Waals surface area contributed by atoms with Crippen LogP contribution in [-0.2, 0) is 54.4 Å². The van der Waals surface area contributed by atoms with Gasteiger partial charge in [-0.3, -0.25) is 48.1 Å². The third-order valence-electron chi connectivity index (χ3n) is 9.62. The molecule has 0 bridgehead atoms. The molecular weight excluding hydrogens is 969 g/mol. The summed E-state index contributed by atoms with van der Waals surface area (Å²) < 4.78 is 0. The van der Waals surface area contributed by atoms with Crippen LogP contribution < -0.4 is 59.7 Å². The van der Waals surface area contributed by atoms with E-state index in [1.165, 1.54) is 0 Å². The topological polar surface area (TPSA) is 438 Å². The molecule has 0 radical (unpaired) electrons. The van der Waals surface area contributed by atoms with Gasteiger partial charge >= 0.3 is 11.9 Å². The highest BCUT2D eigenvalue weighted by Gasteiger charge is 2.35. The molecule has 0 aliphatic carbocycles. The van der Waals surface area contributed by atoms with Crippen molar-refractivity contribution in [3.8, 4) is 0 Å². The van der Waals surface area contributed by atoms with E-state index in [4.69, 9.17) is 17.2 Å². The maximum Gasteiger partial charge on any atom is 0.327 e. The number of carboxylic acid groups (broad SMARTS) is 2. The number of aliphatic hydroxyl groups excluding tert-OH is 2. The molecule has 18 N–H and O–H groups in total. The first-order chi connectivity index (χ1) is 32.5. The van der Waals surface area contributed by atoms with Gasteiger partial charge < -0.3 is 80.2 Å². The normalized spacial score (nSPS) is 14.9. The minimum absolute atomic E-state index is 0.0227. The van der Waals surface area contributed by atoms with E-state index in [0.29, 0.717) is 5.56 Å². The van der Waals surface area contributed by atoms with Crippen LogP contribution in [0.3, 0.4) is 0 Å². The fourth-order valence-corrected chi connectivity index (χ4v) is 6.62. The van der Waals surface area contributed by atoms with Gasteiger partial charge in [0.2, 0.25) is 47.3 Å². The minimum atomic E-state index is -1.84. The minimum Gasteiger partial charge on any atom is -0.481 e. The van der Waals surface area contributed by atoms with Gasteiger partial charge in [0.25, 0.3) is 0 Å². The van der Waals surface area contributed by atoms with Crippen LogP contribution in [0.25, 0.3) is 0 Å². The number of hydrogen-bond acceptors (Lipinski definition) is 17. The van der Waals surface area contributed by atoms with Crippen LogP contribution in [0.5, 0.6) is 0 Å². The first kappa shape index (κ1) is 61.1. The lowest BCUT2D eigenvalue weighted by Crippen LogP contribution is -2.61. The van der Waals surface area contributed by atoms with Crippen molar-refractivity contribution < 1.29 is 68.4 Å². The van der Waals surface area contributed by atoms with Gasteiger partial charge in [0.1, 0.15) is 48.3 Å². The fraction of sp³-hybridized carbons (Fsp3) is 0.575. The van der Waals surface area contributed by atoms with Crippen molar-refractivity contribution in [2.45, 2.75) is 100 Å². The van der Waals surface area contributed by atoms with E-state index < -0.39 is 133 Å². The predicted octanol–water partition coefficient (Wildman–Crippen LogP) is -6.13. The Morgan fingerprint density at radius 3 is 1.46 bits per heavy atom. The second-order valence-electron chi connectivity index (χ2n) is 15.7. The third kappa shape index (κ3) is 22.9. The van der Waals surface area contributed by atoms with Gasteiger partial charge in [-0.05, 0) is 30.7 Å². The predicted molar refractivity (Wildman–Crippen MR) is 259 cm³/mol. The summed E-state index contributed by atoms with van der Waals surface area (Å²) >= 11 is 11.9. The van der Waals surface area contributed by atoms with Crippen LogP contribution in [0, 0.1) is 5.92 Å². The van der Waals surface area contributed by atoms with Gasteiger partial charge in [-0.25, -0.2) is 4.79 Å². The lowest BCUT2D eigenvalue weighted by Gasteiger charge is -2.27. The van der Waals surface area contributed by atoms with E-state index in [0.717, 1.165) is 0 Å². The number of carbonyl (C=O) groups is 10. The van der Waals surface area contributed by atoms with E-state index in [-0.39, 0.29) is 61.4 Å². The van der Waals surface area contributed by atoms with Crippen molar-refractivity contribution >= 4 is 103 Å². The first-order valence-corrected chi connectivity index (χ1v) is 23.2. The van der Waals surface area contributed by atoms with Gasteiger partial charge in [0, 0.05) is 30.2 Å². The summed E-state index contributed by atoms with van der Waals surface area (Å²) in [6.45, 7) is 1.22. The molecule has 0 aliphatic rings. The SMILES string of the molecule is CC(C)C[C@H](NC(=O)[C@H](CO)NC(=O)[C@H](CO)NC(=O)[C@H](CCCN=C(N)N)NC(=O)[C@H](Cc1ccccc1)NC(=O)[C@H](CC(=O)O)NC(=O)[C@@H](N)CS)C(=O)N[C@@H](CS)C(=O)N[C@@H](CS)C(=O)O. The molecule has 0 spiro atoms. The maximum absolute atomic E-state index is 14.0. The van der Waals surface area contributed by atoms with E-state index in [1.807, 2.05) is 0 Å². The van der Waals surface area contributed by atoms with Gasteiger partial charge in [0.15, 0.2) is 5.96 Å². The van der Waals surface area contributed by atoms with Gasteiger partial charge in [0.05, 0.1) is 25.7 Å². The molecule has 386 valence electrons. The summed E-state index contributed by atoms with van der Waals surface area (Å²) in [4.78, 5) is 134. The van der Waals surface area contributed by atoms with Crippen LogP contribution in [0.2, 0.25) is 0 Å². The van der Waals surface area contributed by atoms with Crippen LogP contribution >= 0.6 is 37.9 Å². The van der Waals surface area contributed by atoms with Gasteiger partial charge in [-0.1, -0.05) is 44.2 Å². The highest BCUT2D eigenvalue weighted by atomic mass is 32.1. The maximum atomic E-state index is 14.0. The number of benzene rings is 1. The van der Waals surface area contributed by atoms with Gasteiger partial charge in [-0.15, -0.1) is 0 Å².